The molecule has 6 heteroatoms. The number of hydrogen-bond donors (Lipinski definition) is 1. The number of hydrogen-bond acceptors (Lipinski definition) is 5. The summed E-state index contributed by atoms with van der Waals surface area (Å²) in [5.74, 6) is 1.36. The van der Waals surface area contributed by atoms with Crippen LogP contribution in [-0.4, -0.2) is 45.5 Å². The highest BCUT2D eigenvalue weighted by Crippen LogP contribution is 2.23. The smallest absolute Gasteiger partial charge is 0.176 e. The Morgan fingerprint density at radius 3 is 2.94 bits per heavy atom. The van der Waals surface area contributed by atoms with Crippen LogP contribution in [0.3, 0.4) is 0 Å². The second-order valence-electron chi connectivity index (χ2n) is 5.10. The van der Waals surface area contributed by atoms with Crippen LogP contribution in [0.25, 0.3) is 0 Å². The van der Waals surface area contributed by atoms with Gasteiger partial charge >= 0.3 is 0 Å². The van der Waals surface area contributed by atoms with Crippen molar-refractivity contribution in [2.24, 2.45) is 13.0 Å². The number of rotatable bonds is 6. The second kappa shape index (κ2) is 6.24. The number of aryl methyl sites for hydroxylation is 1. The molecular formula is C12H23N5O. The third-order valence-electron chi connectivity index (χ3n) is 3.41. The van der Waals surface area contributed by atoms with Crippen LogP contribution < -0.4 is 5.32 Å². The lowest BCUT2D eigenvalue weighted by Gasteiger charge is -2.22. The fourth-order valence-corrected chi connectivity index (χ4v) is 2.47. The fraction of sp³-hybridized carbons (Fsp3) is 0.917. The Kier molecular flexibility index (Phi) is 4.66. The molecule has 0 aromatic carbocycles. The molecule has 1 fully saturated rings. The number of nitrogens with zero attached hydrogens (tertiary/aromatic N) is 4. The van der Waals surface area contributed by atoms with E-state index in [0.717, 1.165) is 38.2 Å². The highest BCUT2D eigenvalue weighted by Gasteiger charge is 2.30. The van der Waals surface area contributed by atoms with E-state index in [4.69, 9.17) is 4.74 Å². The molecule has 1 N–H and O–H groups in total. The zero-order valence-corrected chi connectivity index (χ0v) is 11.5. The molecule has 0 bridgehead atoms. The molecule has 1 saturated heterocycles. The average molecular weight is 253 g/mol. The zero-order valence-electron chi connectivity index (χ0n) is 11.5. The first kappa shape index (κ1) is 13.4. The fourth-order valence-electron chi connectivity index (χ4n) is 2.47. The minimum absolute atomic E-state index is 0.371. The maximum atomic E-state index is 5.67. The quantitative estimate of drug-likeness (QED) is 0.802. The van der Waals surface area contributed by atoms with Gasteiger partial charge in [-0.15, -0.1) is 10.2 Å². The first-order chi connectivity index (χ1) is 8.69. The third kappa shape index (κ3) is 3.49. The van der Waals surface area contributed by atoms with Crippen LogP contribution in [-0.2, 0) is 18.2 Å². The normalized spacial score (nSPS) is 25.5. The van der Waals surface area contributed by atoms with Crippen molar-refractivity contribution in [2.45, 2.75) is 45.3 Å². The van der Waals surface area contributed by atoms with Gasteiger partial charge in [-0.2, -0.15) is 4.80 Å². The molecule has 18 heavy (non-hydrogen) atoms. The van der Waals surface area contributed by atoms with E-state index in [1.54, 1.807) is 7.05 Å². The van der Waals surface area contributed by atoms with Crippen LogP contribution >= 0.6 is 0 Å². The lowest BCUT2D eigenvalue weighted by atomic mass is 9.94. The highest BCUT2D eigenvalue weighted by atomic mass is 16.5. The molecular weight excluding hydrogens is 230 g/mol. The Morgan fingerprint density at radius 2 is 2.39 bits per heavy atom. The predicted octanol–water partition coefficient (Wildman–Crippen LogP) is 0.546. The van der Waals surface area contributed by atoms with Crippen LogP contribution in [0.1, 0.15) is 32.5 Å². The van der Waals surface area contributed by atoms with E-state index in [2.05, 4.69) is 34.6 Å². The third-order valence-corrected chi connectivity index (χ3v) is 3.41. The summed E-state index contributed by atoms with van der Waals surface area (Å²) < 4.78 is 5.67. The van der Waals surface area contributed by atoms with E-state index in [1.807, 2.05) is 0 Å². The van der Waals surface area contributed by atoms with Crippen molar-refractivity contribution in [3.05, 3.63) is 5.82 Å². The van der Waals surface area contributed by atoms with Crippen LogP contribution in [0.5, 0.6) is 0 Å². The van der Waals surface area contributed by atoms with E-state index in [-0.39, 0.29) is 0 Å². The Morgan fingerprint density at radius 1 is 1.56 bits per heavy atom. The summed E-state index contributed by atoms with van der Waals surface area (Å²) in [6.07, 6.45) is 3.44. The highest BCUT2D eigenvalue weighted by molar-refractivity contribution is 4.90. The van der Waals surface area contributed by atoms with Crippen LogP contribution in [0.2, 0.25) is 0 Å². The van der Waals surface area contributed by atoms with Gasteiger partial charge in [-0.1, -0.05) is 6.92 Å². The van der Waals surface area contributed by atoms with Gasteiger partial charge in [-0.05, 0) is 31.5 Å². The Bertz CT molecular complexity index is 367. The van der Waals surface area contributed by atoms with E-state index >= 15 is 0 Å². The van der Waals surface area contributed by atoms with Crippen molar-refractivity contribution in [1.29, 1.82) is 0 Å². The van der Waals surface area contributed by atoms with Gasteiger partial charge in [-0.3, -0.25) is 0 Å². The monoisotopic (exact) mass is 253 g/mol. The Hall–Kier alpha value is -1.01. The van der Waals surface area contributed by atoms with Crippen molar-refractivity contribution in [3.63, 3.8) is 0 Å². The summed E-state index contributed by atoms with van der Waals surface area (Å²) in [5, 5.41) is 15.8. The maximum absolute atomic E-state index is 5.67. The molecule has 0 spiro atoms. The Labute approximate surface area is 108 Å². The zero-order chi connectivity index (χ0) is 13.0. The summed E-state index contributed by atoms with van der Waals surface area (Å²) in [6.45, 7) is 6.18. The van der Waals surface area contributed by atoms with Gasteiger partial charge in [0.25, 0.3) is 0 Å². The van der Waals surface area contributed by atoms with Gasteiger partial charge in [0.15, 0.2) is 5.82 Å². The summed E-state index contributed by atoms with van der Waals surface area (Å²) in [6, 6.07) is 0.388. The van der Waals surface area contributed by atoms with E-state index in [1.165, 1.54) is 4.80 Å². The van der Waals surface area contributed by atoms with E-state index < -0.39 is 0 Å². The molecule has 2 rings (SSSR count). The van der Waals surface area contributed by atoms with Crippen LogP contribution in [0.15, 0.2) is 0 Å². The van der Waals surface area contributed by atoms with Crippen molar-refractivity contribution >= 4 is 0 Å². The predicted molar refractivity (Wildman–Crippen MR) is 68.1 cm³/mol. The summed E-state index contributed by atoms with van der Waals surface area (Å²) in [7, 11) is 1.80. The summed E-state index contributed by atoms with van der Waals surface area (Å²) in [4.78, 5) is 1.51. The molecule has 3 unspecified atom stereocenters. The maximum Gasteiger partial charge on any atom is 0.176 e. The second-order valence-corrected chi connectivity index (χ2v) is 5.10. The molecule has 0 radical (unpaired) electrons. The van der Waals surface area contributed by atoms with Crippen molar-refractivity contribution in [3.8, 4) is 0 Å². The lowest BCUT2D eigenvalue weighted by Crippen LogP contribution is -2.39. The van der Waals surface area contributed by atoms with Gasteiger partial charge < -0.3 is 10.1 Å². The number of nitrogens with one attached hydrogen (secondary N) is 1. The van der Waals surface area contributed by atoms with Gasteiger partial charge in [-0.25, -0.2) is 0 Å². The number of ether oxygens (including phenoxy) is 1. The molecule has 0 amide bonds. The molecule has 0 aliphatic carbocycles. The standard InChI is InChI=1S/C12H23N5O/c1-4-5-13-11(10-6-9(2)18-8-10)7-12-14-16-17(3)15-12/h9-11,13H,4-8H2,1-3H3. The molecule has 1 aliphatic heterocycles. The topological polar surface area (TPSA) is 64.9 Å². The summed E-state index contributed by atoms with van der Waals surface area (Å²) >= 11 is 0. The van der Waals surface area contributed by atoms with Gasteiger partial charge in [0.2, 0.25) is 0 Å². The van der Waals surface area contributed by atoms with Crippen LogP contribution in [0, 0.1) is 5.92 Å². The van der Waals surface area contributed by atoms with E-state index in [9.17, 15) is 0 Å². The van der Waals surface area contributed by atoms with Crippen LogP contribution in [0.4, 0.5) is 0 Å². The van der Waals surface area contributed by atoms with Gasteiger partial charge in [0.1, 0.15) is 0 Å². The molecule has 6 nitrogen and oxygen atoms in total. The molecule has 102 valence electrons. The van der Waals surface area contributed by atoms with Crippen molar-refractivity contribution in [1.82, 2.24) is 25.5 Å². The number of aromatic nitrogens is 4. The first-order valence-electron chi connectivity index (χ1n) is 6.77. The van der Waals surface area contributed by atoms with Gasteiger partial charge in [0, 0.05) is 18.4 Å². The lowest BCUT2D eigenvalue weighted by molar-refractivity contribution is 0.116. The molecule has 3 atom stereocenters. The minimum Gasteiger partial charge on any atom is -0.378 e. The molecule has 1 aromatic heterocycles. The van der Waals surface area contributed by atoms with Gasteiger partial charge in [0.05, 0.1) is 19.8 Å². The SMILES string of the molecule is CCCNC(Cc1nnn(C)n1)C1COC(C)C1. The van der Waals surface area contributed by atoms with Crippen molar-refractivity contribution < 1.29 is 4.74 Å². The molecule has 0 saturated carbocycles. The molecule has 2 heterocycles. The van der Waals surface area contributed by atoms with E-state index in [0.29, 0.717) is 18.1 Å². The minimum atomic E-state index is 0.371. The van der Waals surface area contributed by atoms with Crippen molar-refractivity contribution in [2.75, 3.05) is 13.2 Å². The largest absolute Gasteiger partial charge is 0.378 e. The molecule has 1 aromatic rings. The number of tetrazole rings is 1. The summed E-state index contributed by atoms with van der Waals surface area (Å²) in [5.41, 5.74) is 0. The Balaban J connectivity index is 1.96. The average Bonchev–Trinajstić information content (AvgIpc) is 2.93. The molecule has 1 aliphatic rings. The first-order valence-corrected chi connectivity index (χ1v) is 6.77.